The van der Waals surface area contributed by atoms with E-state index >= 15 is 0 Å². The Morgan fingerprint density at radius 1 is 1.07 bits per heavy atom. The van der Waals surface area contributed by atoms with Crippen LogP contribution < -0.4 is 19.1 Å². The number of carbonyl (C=O) groups excluding carboxylic acids is 1. The molecule has 0 aliphatic heterocycles. The molecule has 2 aromatic rings. The summed E-state index contributed by atoms with van der Waals surface area (Å²) in [7, 11) is -0.611. The maximum absolute atomic E-state index is 13.0. The Morgan fingerprint density at radius 2 is 1.69 bits per heavy atom. The molecule has 0 spiro atoms. The Balaban J connectivity index is 2.27. The van der Waals surface area contributed by atoms with E-state index in [2.05, 4.69) is 5.32 Å². The van der Waals surface area contributed by atoms with E-state index in [4.69, 9.17) is 9.47 Å². The molecule has 0 heterocycles. The number of sulfonamides is 1. The van der Waals surface area contributed by atoms with Crippen molar-refractivity contribution in [1.29, 1.82) is 0 Å². The van der Waals surface area contributed by atoms with Crippen LogP contribution in [0.4, 0.5) is 5.69 Å². The van der Waals surface area contributed by atoms with Gasteiger partial charge in [0.05, 0.1) is 32.2 Å². The highest BCUT2D eigenvalue weighted by atomic mass is 32.2. The second kappa shape index (κ2) is 9.65. The molecule has 158 valence electrons. The van der Waals surface area contributed by atoms with Gasteiger partial charge in [-0.25, -0.2) is 8.42 Å². The van der Waals surface area contributed by atoms with Gasteiger partial charge < -0.3 is 14.8 Å². The largest absolute Gasteiger partial charge is 0.497 e. The lowest BCUT2D eigenvalue weighted by Gasteiger charge is -2.30. The van der Waals surface area contributed by atoms with Crippen molar-refractivity contribution in [2.45, 2.75) is 32.4 Å². The number of hydrogen-bond acceptors (Lipinski definition) is 5. The van der Waals surface area contributed by atoms with Gasteiger partial charge in [0.25, 0.3) is 0 Å². The van der Waals surface area contributed by atoms with E-state index in [0.717, 1.165) is 21.9 Å². The molecule has 2 atom stereocenters. The lowest BCUT2D eigenvalue weighted by molar-refractivity contribution is -0.122. The summed E-state index contributed by atoms with van der Waals surface area (Å²) in [6.07, 6.45) is 1.74. The number of ether oxygens (including phenoxy) is 2. The molecule has 0 saturated heterocycles. The van der Waals surface area contributed by atoms with Gasteiger partial charge in [-0.05, 0) is 43.2 Å². The van der Waals surface area contributed by atoms with Crippen molar-refractivity contribution in [3.8, 4) is 11.5 Å². The summed E-state index contributed by atoms with van der Waals surface area (Å²) in [5.41, 5.74) is 1.29. The Kier molecular flexibility index (Phi) is 7.50. The zero-order chi connectivity index (χ0) is 21.6. The van der Waals surface area contributed by atoms with E-state index in [-0.39, 0.29) is 11.9 Å². The Bertz CT molecular complexity index is 928. The monoisotopic (exact) mass is 420 g/mol. The first-order valence-corrected chi connectivity index (χ1v) is 11.1. The lowest BCUT2D eigenvalue weighted by atomic mass is 10.0. The fourth-order valence-electron chi connectivity index (χ4n) is 3.11. The molecule has 0 radical (unpaired) electrons. The van der Waals surface area contributed by atoms with Crippen LogP contribution in [0.15, 0.2) is 48.5 Å². The highest BCUT2D eigenvalue weighted by Gasteiger charge is 2.30. The van der Waals surface area contributed by atoms with E-state index in [1.807, 2.05) is 31.2 Å². The number of rotatable bonds is 9. The summed E-state index contributed by atoms with van der Waals surface area (Å²) in [6.45, 7) is 3.52. The maximum atomic E-state index is 13.0. The van der Waals surface area contributed by atoms with Crippen molar-refractivity contribution < 1.29 is 22.7 Å². The molecule has 1 amide bonds. The van der Waals surface area contributed by atoms with Crippen LogP contribution in [0.2, 0.25) is 0 Å². The molecular weight excluding hydrogens is 392 g/mol. The van der Waals surface area contributed by atoms with E-state index < -0.39 is 16.1 Å². The third kappa shape index (κ3) is 5.63. The minimum Gasteiger partial charge on any atom is -0.497 e. The molecule has 8 heteroatoms. The number of nitrogens with one attached hydrogen (secondary N) is 1. The van der Waals surface area contributed by atoms with Crippen molar-refractivity contribution >= 4 is 21.6 Å². The second-order valence-electron chi connectivity index (χ2n) is 6.68. The van der Waals surface area contributed by atoms with E-state index in [1.54, 1.807) is 38.3 Å². The minimum atomic E-state index is -3.70. The van der Waals surface area contributed by atoms with Crippen LogP contribution in [0.1, 0.15) is 31.9 Å². The summed E-state index contributed by atoms with van der Waals surface area (Å²) in [4.78, 5) is 13.0. The van der Waals surface area contributed by atoms with E-state index in [1.165, 1.54) is 7.11 Å². The fourth-order valence-corrected chi connectivity index (χ4v) is 4.27. The standard InChI is InChI=1S/C21H28N2O5S/c1-6-20(16-10-12-18(27-3)13-11-16)22-21(24)15(2)23(29(5,25)26)17-8-7-9-19(14-17)28-4/h7-15,20H,6H2,1-5H3,(H,22,24)/t15-,20-/m1/s1. The van der Waals surface area contributed by atoms with Gasteiger partial charge in [-0.3, -0.25) is 9.10 Å². The molecule has 0 aliphatic rings. The van der Waals surface area contributed by atoms with Crippen molar-refractivity contribution in [2.24, 2.45) is 0 Å². The fraction of sp³-hybridized carbons (Fsp3) is 0.381. The van der Waals surface area contributed by atoms with Gasteiger partial charge in [0.15, 0.2) is 0 Å². The number of benzene rings is 2. The smallest absolute Gasteiger partial charge is 0.244 e. The Labute approximate surface area is 172 Å². The average Bonchev–Trinajstić information content (AvgIpc) is 2.71. The van der Waals surface area contributed by atoms with E-state index in [9.17, 15) is 13.2 Å². The predicted molar refractivity (Wildman–Crippen MR) is 114 cm³/mol. The molecule has 0 fully saturated rings. The molecule has 0 unspecified atom stereocenters. The number of carbonyl (C=O) groups is 1. The quantitative estimate of drug-likeness (QED) is 0.674. The number of methoxy groups -OCH3 is 2. The van der Waals surface area contributed by atoms with Crippen LogP contribution in [0.5, 0.6) is 11.5 Å². The molecule has 0 aliphatic carbocycles. The summed E-state index contributed by atoms with van der Waals surface area (Å²) in [5, 5.41) is 2.95. The number of nitrogens with zero attached hydrogens (tertiary/aromatic N) is 1. The van der Waals surface area contributed by atoms with Gasteiger partial charge in [0.2, 0.25) is 15.9 Å². The van der Waals surface area contributed by atoms with Crippen LogP contribution in [-0.2, 0) is 14.8 Å². The molecular formula is C21H28N2O5S. The molecule has 0 aromatic heterocycles. The predicted octanol–water partition coefficient (Wildman–Crippen LogP) is 3.13. The van der Waals surface area contributed by atoms with Crippen LogP contribution in [-0.4, -0.2) is 40.8 Å². The SMILES string of the molecule is CC[C@@H](NC(=O)[C@@H](C)N(c1cccc(OC)c1)S(C)(=O)=O)c1ccc(OC)cc1. The highest BCUT2D eigenvalue weighted by Crippen LogP contribution is 2.26. The molecule has 0 bridgehead atoms. The summed E-state index contributed by atoms with van der Waals surface area (Å²) >= 11 is 0. The van der Waals surface area contributed by atoms with Crippen LogP contribution in [0, 0.1) is 0 Å². The number of anilines is 1. The molecule has 2 rings (SSSR count). The zero-order valence-electron chi connectivity index (χ0n) is 17.4. The van der Waals surface area contributed by atoms with Crippen LogP contribution >= 0.6 is 0 Å². The summed E-state index contributed by atoms with van der Waals surface area (Å²) < 4.78 is 36.4. The van der Waals surface area contributed by atoms with Gasteiger partial charge in [-0.15, -0.1) is 0 Å². The Morgan fingerprint density at radius 3 is 2.21 bits per heavy atom. The molecule has 7 nitrogen and oxygen atoms in total. The van der Waals surface area contributed by atoms with Gasteiger partial charge in [-0.2, -0.15) is 0 Å². The maximum Gasteiger partial charge on any atom is 0.244 e. The average molecular weight is 421 g/mol. The third-order valence-electron chi connectivity index (χ3n) is 4.64. The normalized spacial score (nSPS) is 13.3. The molecule has 29 heavy (non-hydrogen) atoms. The molecule has 0 saturated carbocycles. The lowest BCUT2D eigenvalue weighted by Crippen LogP contribution is -2.48. The van der Waals surface area contributed by atoms with Crippen molar-refractivity contribution in [1.82, 2.24) is 5.32 Å². The summed E-state index contributed by atoms with van der Waals surface area (Å²) in [6, 6.07) is 12.9. The van der Waals surface area contributed by atoms with Gasteiger partial charge >= 0.3 is 0 Å². The first kappa shape index (κ1) is 22.5. The number of hydrogen-bond donors (Lipinski definition) is 1. The number of amides is 1. The van der Waals surface area contributed by atoms with Crippen molar-refractivity contribution in [2.75, 3.05) is 24.8 Å². The topological polar surface area (TPSA) is 84.9 Å². The van der Waals surface area contributed by atoms with Gasteiger partial charge in [0.1, 0.15) is 17.5 Å². The minimum absolute atomic E-state index is 0.248. The van der Waals surface area contributed by atoms with Gasteiger partial charge in [0, 0.05) is 6.07 Å². The van der Waals surface area contributed by atoms with Crippen LogP contribution in [0.3, 0.4) is 0 Å². The second-order valence-corrected chi connectivity index (χ2v) is 8.54. The van der Waals surface area contributed by atoms with Crippen LogP contribution in [0.25, 0.3) is 0 Å². The molecule has 1 N–H and O–H groups in total. The third-order valence-corrected chi connectivity index (χ3v) is 5.88. The first-order chi connectivity index (χ1) is 13.7. The first-order valence-electron chi connectivity index (χ1n) is 9.29. The van der Waals surface area contributed by atoms with Crippen molar-refractivity contribution in [3.63, 3.8) is 0 Å². The zero-order valence-corrected chi connectivity index (χ0v) is 18.2. The Hall–Kier alpha value is -2.74. The summed E-state index contributed by atoms with van der Waals surface area (Å²) in [5.74, 6) is 0.846. The van der Waals surface area contributed by atoms with Gasteiger partial charge in [-0.1, -0.05) is 25.1 Å². The van der Waals surface area contributed by atoms with Crippen molar-refractivity contribution in [3.05, 3.63) is 54.1 Å². The molecule has 2 aromatic carbocycles. The van der Waals surface area contributed by atoms with E-state index in [0.29, 0.717) is 17.9 Å². The highest BCUT2D eigenvalue weighted by molar-refractivity contribution is 7.92.